The Labute approximate surface area is 194 Å². The van der Waals surface area contributed by atoms with Crippen LogP contribution in [0.3, 0.4) is 0 Å². The number of aliphatic hydroxyl groups excluding tert-OH is 1. The number of ether oxygens (including phenoxy) is 3. The second kappa shape index (κ2) is 8.07. The molecular formula is C27H32O6. The summed E-state index contributed by atoms with van der Waals surface area (Å²) in [4.78, 5) is 12.0. The van der Waals surface area contributed by atoms with Crippen molar-refractivity contribution in [1.29, 1.82) is 0 Å². The van der Waals surface area contributed by atoms with Crippen LogP contribution in [-0.2, 0) is 31.6 Å². The van der Waals surface area contributed by atoms with Gasteiger partial charge in [-0.1, -0.05) is 42.5 Å². The largest absolute Gasteiger partial charge is 0.489 e. The molecule has 0 amide bonds. The van der Waals surface area contributed by atoms with Crippen LogP contribution in [0.15, 0.2) is 54.6 Å². The Morgan fingerprint density at radius 2 is 1.76 bits per heavy atom. The van der Waals surface area contributed by atoms with Crippen LogP contribution in [0.1, 0.15) is 43.2 Å². The van der Waals surface area contributed by atoms with Crippen molar-refractivity contribution in [2.45, 2.75) is 55.7 Å². The Morgan fingerprint density at radius 3 is 2.42 bits per heavy atom. The molecule has 7 rings (SSSR count). The van der Waals surface area contributed by atoms with Gasteiger partial charge in [0.1, 0.15) is 12.4 Å². The molecule has 1 heterocycles. The highest BCUT2D eigenvalue weighted by molar-refractivity contribution is 5.37. The van der Waals surface area contributed by atoms with E-state index < -0.39 is 11.4 Å². The van der Waals surface area contributed by atoms with Gasteiger partial charge in [0.2, 0.25) is 0 Å². The lowest BCUT2D eigenvalue weighted by Gasteiger charge is -2.70. The van der Waals surface area contributed by atoms with Crippen LogP contribution >= 0.6 is 0 Å². The molecule has 4 saturated carbocycles. The van der Waals surface area contributed by atoms with Crippen LogP contribution in [0.5, 0.6) is 5.75 Å². The highest BCUT2D eigenvalue weighted by Crippen LogP contribution is 2.70. The fourth-order valence-corrected chi connectivity index (χ4v) is 7.34. The third kappa shape index (κ3) is 3.19. The van der Waals surface area contributed by atoms with Gasteiger partial charge < -0.3 is 19.3 Å². The van der Waals surface area contributed by atoms with Crippen LogP contribution in [0.4, 0.5) is 0 Å². The molecule has 0 radical (unpaired) electrons. The molecule has 33 heavy (non-hydrogen) atoms. The zero-order valence-electron chi connectivity index (χ0n) is 19.1. The zero-order chi connectivity index (χ0) is 22.5. The van der Waals surface area contributed by atoms with Crippen LogP contribution in [0.2, 0.25) is 0 Å². The summed E-state index contributed by atoms with van der Waals surface area (Å²) in [5.41, 5.74) is 1.38. The second-order valence-corrected chi connectivity index (χ2v) is 10.2. The van der Waals surface area contributed by atoms with E-state index in [0.29, 0.717) is 19.1 Å². The molecule has 1 aliphatic heterocycles. The van der Waals surface area contributed by atoms with Crippen molar-refractivity contribution >= 4 is 0 Å². The second-order valence-electron chi connectivity index (χ2n) is 10.2. The quantitative estimate of drug-likeness (QED) is 0.601. The SMILES string of the molecule is COC1(c2cccc(OCc3ccccc3)c2)OOC12C1CC3CC2CC(OCCO)(C3)C1. The lowest BCUT2D eigenvalue weighted by molar-refractivity contribution is -0.647. The highest BCUT2D eigenvalue weighted by atomic mass is 17.3. The highest BCUT2D eigenvalue weighted by Gasteiger charge is 2.78. The maximum atomic E-state index is 9.34. The molecular weight excluding hydrogens is 420 g/mol. The lowest BCUT2D eigenvalue weighted by atomic mass is 9.45. The average molecular weight is 453 g/mol. The number of hydrogen-bond donors (Lipinski definition) is 1. The fraction of sp³-hybridized carbons (Fsp3) is 0.556. The van der Waals surface area contributed by atoms with Crippen molar-refractivity contribution in [3.05, 3.63) is 65.7 Å². The third-order valence-electron chi connectivity index (χ3n) is 8.41. The zero-order valence-corrected chi connectivity index (χ0v) is 19.1. The number of benzene rings is 2. The van der Waals surface area contributed by atoms with Crippen LogP contribution in [-0.4, -0.2) is 36.6 Å². The summed E-state index contributed by atoms with van der Waals surface area (Å²) in [6.45, 7) is 0.960. The molecule has 1 N–H and O–H groups in total. The summed E-state index contributed by atoms with van der Waals surface area (Å²) < 4.78 is 18.5. The van der Waals surface area contributed by atoms with Crippen molar-refractivity contribution < 1.29 is 29.1 Å². The van der Waals surface area contributed by atoms with Gasteiger partial charge in [0, 0.05) is 24.5 Å². The van der Waals surface area contributed by atoms with E-state index in [1.165, 1.54) is 0 Å². The minimum atomic E-state index is -0.958. The minimum Gasteiger partial charge on any atom is -0.489 e. The number of rotatable bonds is 8. The first-order valence-electron chi connectivity index (χ1n) is 12.1. The first-order chi connectivity index (χ1) is 16.1. The van der Waals surface area contributed by atoms with Gasteiger partial charge in [-0.05, 0) is 55.7 Å². The Kier molecular flexibility index (Phi) is 5.27. The molecule has 3 atom stereocenters. The summed E-state index contributed by atoms with van der Waals surface area (Å²) in [6.07, 6.45) is 5.11. The van der Waals surface area contributed by atoms with E-state index in [9.17, 15) is 5.11 Å². The third-order valence-corrected chi connectivity index (χ3v) is 8.41. The normalized spacial score (nSPS) is 38.4. The predicted octanol–water partition coefficient (Wildman–Crippen LogP) is 4.35. The van der Waals surface area contributed by atoms with E-state index in [-0.39, 0.29) is 24.0 Å². The van der Waals surface area contributed by atoms with Gasteiger partial charge >= 0.3 is 0 Å². The molecule has 5 aliphatic rings. The molecule has 3 unspecified atom stereocenters. The number of hydrogen-bond acceptors (Lipinski definition) is 6. The molecule has 4 aliphatic carbocycles. The van der Waals surface area contributed by atoms with E-state index in [1.54, 1.807) is 7.11 Å². The maximum Gasteiger partial charge on any atom is 0.260 e. The molecule has 2 aromatic carbocycles. The molecule has 6 nitrogen and oxygen atoms in total. The Bertz CT molecular complexity index is 973. The van der Waals surface area contributed by atoms with Gasteiger partial charge in [0.05, 0.1) is 18.8 Å². The topological polar surface area (TPSA) is 66.4 Å². The van der Waals surface area contributed by atoms with Crippen LogP contribution in [0.25, 0.3) is 0 Å². The van der Waals surface area contributed by atoms with Gasteiger partial charge in [-0.2, -0.15) is 4.89 Å². The molecule has 1 saturated heterocycles. The van der Waals surface area contributed by atoms with E-state index in [1.807, 2.05) is 42.5 Å². The van der Waals surface area contributed by atoms with E-state index in [4.69, 9.17) is 24.0 Å². The average Bonchev–Trinajstić information content (AvgIpc) is 2.82. The smallest absolute Gasteiger partial charge is 0.260 e. The number of aliphatic hydroxyl groups is 1. The Hall–Kier alpha value is -1.96. The van der Waals surface area contributed by atoms with E-state index >= 15 is 0 Å². The van der Waals surface area contributed by atoms with Crippen LogP contribution < -0.4 is 4.74 Å². The molecule has 4 bridgehead atoms. The number of methoxy groups -OCH3 is 1. The standard InChI is InChI=1S/C27H32O6/c1-29-27(21-8-5-9-24(14-21)30-18-19-6-3-2-4-7-19)26(32-33-27)22-12-20-13-23(26)17-25(15-20,16-22)31-11-10-28/h2-9,14,20,22-23,28H,10-13,15-18H2,1H3. The Balaban J connectivity index is 1.29. The fourth-order valence-electron chi connectivity index (χ4n) is 7.34. The van der Waals surface area contributed by atoms with Gasteiger partial charge in [-0.3, -0.25) is 0 Å². The van der Waals surface area contributed by atoms with E-state index in [2.05, 4.69) is 12.1 Å². The Morgan fingerprint density at radius 1 is 0.970 bits per heavy atom. The van der Waals surface area contributed by atoms with Crippen molar-refractivity contribution in [2.75, 3.05) is 20.3 Å². The summed E-state index contributed by atoms with van der Waals surface area (Å²) in [6, 6.07) is 18.2. The van der Waals surface area contributed by atoms with Crippen molar-refractivity contribution in [3.8, 4) is 5.75 Å². The summed E-state index contributed by atoms with van der Waals surface area (Å²) in [5, 5.41) is 9.34. The lowest BCUT2D eigenvalue weighted by Crippen LogP contribution is -2.78. The summed E-state index contributed by atoms with van der Waals surface area (Å²) >= 11 is 0. The first-order valence-corrected chi connectivity index (χ1v) is 12.1. The monoisotopic (exact) mass is 452 g/mol. The maximum absolute atomic E-state index is 9.34. The molecule has 2 aromatic rings. The van der Waals surface area contributed by atoms with E-state index in [0.717, 1.165) is 49.0 Å². The first kappa shape index (κ1) is 21.6. The molecule has 0 aromatic heterocycles. The molecule has 1 spiro atoms. The van der Waals surface area contributed by atoms with Crippen molar-refractivity contribution in [1.82, 2.24) is 0 Å². The van der Waals surface area contributed by atoms with Crippen molar-refractivity contribution in [3.63, 3.8) is 0 Å². The summed E-state index contributed by atoms with van der Waals surface area (Å²) in [7, 11) is 1.71. The molecule has 5 fully saturated rings. The van der Waals surface area contributed by atoms with Gasteiger partial charge in [-0.15, -0.1) is 0 Å². The minimum absolute atomic E-state index is 0.0598. The predicted molar refractivity (Wildman–Crippen MR) is 120 cm³/mol. The molecule has 176 valence electrons. The molecule has 6 heteroatoms. The van der Waals surface area contributed by atoms with Gasteiger partial charge in [-0.25, -0.2) is 4.89 Å². The summed E-state index contributed by atoms with van der Waals surface area (Å²) in [5.74, 6) is 1.02. The van der Waals surface area contributed by atoms with Crippen LogP contribution in [0, 0.1) is 17.8 Å². The van der Waals surface area contributed by atoms with Gasteiger partial charge in [0.25, 0.3) is 5.79 Å². The van der Waals surface area contributed by atoms with Crippen molar-refractivity contribution in [2.24, 2.45) is 17.8 Å². The van der Waals surface area contributed by atoms with Gasteiger partial charge in [0.15, 0.2) is 5.60 Å².